The maximum absolute atomic E-state index is 12.6. The Labute approximate surface area is 152 Å². The van der Waals surface area contributed by atoms with Crippen molar-refractivity contribution in [1.29, 1.82) is 0 Å². The van der Waals surface area contributed by atoms with Crippen molar-refractivity contribution in [2.24, 2.45) is 0 Å². The molecule has 2 heterocycles. The number of amides is 2. The first-order valence-corrected chi connectivity index (χ1v) is 8.80. The Morgan fingerprint density at radius 1 is 1.19 bits per heavy atom. The van der Waals surface area contributed by atoms with Crippen LogP contribution in [0, 0.1) is 6.92 Å². The molecule has 1 aliphatic heterocycles. The van der Waals surface area contributed by atoms with E-state index in [9.17, 15) is 9.59 Å². The van der Waals surface area contributed by atoms with Crippen LogP contribution in [0.4, 0.5) is 4.79 Å². The number of hydrogen-bond donors (Lipinski definition) is 1. The van der Waals surface area contributed by atoms with Crippen LogP contribution >= 0.6 is 0 Å². The second kappa shape index (κ2) is 7.99. The van der Waals surface area contributed by atoms with Gasteiger partial charge in [-0.2, -0.15) is 9.90 Å². The minimum atomic E-state index is -0.293. The van der Waals surface area contributed by atoms with Crippen LogP contribution in [0.5, 0.6) is 0 Å². The molecule has 138 valence electrons. The summed E-state index contributed by atoms with van der Waals surface area (Å²) in [6, 6.07) is 9.47. The highest BCUT2D eigenvalue weighted by atomic mass is 16.6. The number of carbonyl (C=O) groups is 2. The van der Waals surface area contributed by atoms with Gasteiger partial charge in [-0.25, -0.2) is 4.79 Å². The molecule has 0 atom stereocenters. The Bertz CT molecular complexity index is 766. The van der Waals surface area contributed by atoms with Crippen LogP contribution in [0.1, 0.15) is 35.9 Å². The summed E-state index contributed by atoms with van der Waals surface area (Å²) in [6.45, 7) is 5.06. The van der Waals surface area contributed by atoms with Crippen molar-refractivity contribution in [3.63, 3.8) is 0 Å². The van der Waals surface area contributed by atoms with E-state index < -0.39 is 0 Å². The van der Waals surface area contributed by atoms with Crippen LogP contribution in [0.25, 0.3) is 5.69 Å². The van der Waals surface area contributed by atoms with E-state index in [2.05, 4.69) is 15.5 Å². The Balaban J connectivity index is 1.59. The van der Waals surface area contributed by atoms with Crippen molar-refractivity contribution in [3.05, 3.63) is 41.7 Å². The molecular formula is C18H23N5O3. The normalized spacial score (nSPS) is 14.9. The number of benzene rings is 1. The summed E-state index contributed by atoms with van der Waals surface area (Å²) >= 11 is 0. The van der Waals surface area contributed by atoms with E-state index in [1.165, 1.54) is 4.80 Å². The molecule has 0 saturated carbocycles. The second-order valence-corrected chi connectivity index (χ2v) is 6.19. The number of nitrogens with one attached hydrogen (secondary N) is 1. The standard InChI is InChI=1S/C18H23N5O3/c1-3-26-18(25)22-11-9-14(10-12-22)19-17(24)16-13(2)20-23(21-16)15-7-5-4-6-8-15/h4-8,14H,3,9-12H2,1-2H3,(H,19,24). The van der Waals surface area contributed by atoms with Crippen LogP contribution in [0.2, 0.25) is 0 Å². The molecule has 1 aromatic carbocycles. The van der Waals surface area contributed by atoms with Crippen LogP contribution in [-0.2, 0) is 4.74 Å². The van der Waals surface area contributed by atoms with Gasteiger partial charge in [0, 0.05) is 19.1 Å². The van der Waals surface area contributed by atoms with Gasteiger partial charge >= 0.3 is 6.09 Å². The molecule has 1 saturated heterocycles. The van der Waals surface area contributed by atoms with Crippen molar-refractivity contribution < 1.29 is 14.3 Å². The summed E-state index contributed by atoms with van der Waals surface area (Å²) in [4.78, 5) is 27.4. The smallest absolute Gasteiger partial charge is 0.409 e. The zero-order chi connectivity index (χ0) is 18.5. The van der Waals surface area contributed by atoms with E-state index >= 15 is 0 Å². The molecule has 8 heteroatoms. The van der Waals surface area contributed by atoms with E-state index in [4.69, 9.17) is 4.74 Å². The van der Waals surface area contributed by atoms with E-state index in [0.717, 1.165) is 5.69 Å². The third-order valence-corrected chi connectivity index (χ3v) is 4.34. The Morgan fingerprint density at radius 2 is 1.88 bits per heavy atom. The highest BCUT2D eigenvalue weighted by Gasteiger charge is 2.26. The summed E-state index contributed by atoms with van der Waals surface area (Å²) < 4.78 is 5.01. The second-order valence-electron chi connectivity index (χ2n) is 6.19. The van der Waals surface area contributed by atoms with Crippen molar-refractivity contribution in [3.8, 4) is 5.69 Å². The topological polar surface area (TPSA) is 89.4 Å². The molecule has 0 spiro atoms. The molecule has 0 aliphatic carbocycles. The van der Waals surface area contributed by atoms with Crippen LogP contribution < -0.4 is 5.32 Å². The fraction of sp³-hybridized carbons (Fsp3) is 0.444. The predicted molar refractivity (Wildman–Crippen MR) is 95.2 cm³/mol. The Kier molecular flexibility index (Phi) is 5.50. The first kappa shape index (κ1) is 17.9. The Morgan fingerprint density at radius 3 is 2.54 bits per heavy atom. The number of likely N-dealkylation sites (tertiary alicyclic amines) is 1. The molecule has 3 rings (SSSR count). The summed E-state index contributed by atoms with van der Waals surface area (Å²) in [5, 5.41) is 11.6. The first-order chi connectivity index (χ1) is 12.6. The average molecular weight is 357 g/mol. The van der Waals surface area contributed by atoms with E-state index in [1.807, 2.05) is 30.3 Å². The maximum atomic E-state index is 12.6. The number of rotatable bonds is 4. The fourth-order valence-corrected chi connectivity index (χ4v) is 2.94. The number of para-hydroxylation sites is 1. The van der Waals surface area contributed by atoms with Gasteiger partial charge in [0.1, 0.15) is 0 Å². The molecule has 1 N–H and O–H groups in total. The summed E-state index contributed by atoms with van der Waals surface area (Å²) in [5.41, 5.74) is 1.70. The van der Waals surface area contributed by atoms with Gasteiger partial charge < -0.3 is 15.0 Å². The van der Waals surface area contributed by atoms with Gasteiger partial charge in [0.15, 0.2) is 5.69 Å². The van der Waals surface area contributed by atoms with Gasteiger partial charge in [0.25, 0.3) is 5.91 Å². The molecule has 0 bridgehead atoms. The lowest BCUT2D eigenvalue weighted by atomic mass is 10.1. The highest BCUT2D eigenvalue weighted by Crippen LogP contribution is 2.13. The number of nitrogens with zero attached hydrogens (tertiary/aromatic N) is 4. The van der Waals surface area contributed by atoms with Gasteiger partial charge in [-0.3, -0.25) is 4.79 Å². The predicted octanol–water partition coefficient (Wildman–Crippen LogP) is 1.93. The lowest BCUT2D eigenvalue weighted by molar-refractivity contribution is 0.0856. The van der Waals surface area contributed by atoms with Gasteiger partial charge in [-0.1, -0.05) is 18.2 Å². The molecule has 1 fully saturated rings. The molecule has 8 nitrogen and oxygen atoms in total. The van der Waals surface area contributed by atoms with Gasteiger partial charge in [0.2, 0.25) is 0 Å². The van der Waals surface area contributed by atoms with E-state index in [1.54, 1.807) is 18.7 Å². The van der Waals surface area contributed by atoms with Crippen LogP contribution in [-0.4, -0.2) is 57.6 Å². The molecule has 0 unspecified atom stereocenters. The fourth-order valence-electron chi connectivity index (χ4n) is 2.94. The number of carbonyl (C=O) groups excluding carboxylic acids is 2. The van der Waals surface area contributed by atoms with Crippen molar-refractivity contribution in [1.82, 2.24) is 25.2 Å². The molecule has 1 aliphatic rings. The maximum Gasteiger partial charge on any atom is 0.409 e. The highest BCUT2D eigenvalue weighted by molar-refractivity contribution is 5.93. The van der Waals surface area contributed by atoms with Crippen molar-refractivity contribution in [2.45, 2.75) is 32.7 Å². The van der Waals surface area contributed by atoms with E-state index in [0.29, 0.717) is 43.9 Å². The van der Waals surface area contributed by atoms with Crippen molar-refractivity contribution >= 4 is 12.0 Å². The molecule has 2 aromatic rings. The molecule has 2 amide bonds. The Hall–Kier alpha value is -2.90. The third-order valence-electron chi connectivity index (χ3n) is 4.34. The first-order valence-electron chi connectivity index (χ1n) is 8.80. The zero-order valence-corrected chi connectivity index (χ0v) is 15.0. The van der Waals surface area contributed by atoms with Gasteiger partial charge in [-0.15, -0.1) is 5.10 Å². The lowest BCUT2D eigenvalue weighted by Gasteiger charge is -2.31. The van der Waals surface area contributed by atoms with Gasteiger partial charge in [-0.05, 0) is 38.8 Å². The number of piperidine rings is 1. The summed E-state index contributed by atoms with van der Waals surface area (Å²) in [6.07, 6.45) is 1.09. The largest absolute Gasteiger partial charge is 0.450 e. The number of hydrogen-bond acceptors (Lipinski definition) is 5. The van der Waals surface area contributed by atoms with Gasteiger partial charge in [0.05, 0.1) is 18.0 Å². The number of ether oxygens (including phenoxy) is 1. The molecule has 26 heavy (non-hydrogen) atoms. The number of aromatic nitrogens is 3. The minimum absolute atomic E-state index is 0.00875. The lowest BCUT2D eigenvalue weighted by Crippen LogP contribution is -2.46. The molecular weight excluding hydrogens is 334 g/mol. The van der Waals surface area contributed by atoms with Crippen LogP contribution in [0.15, 0.2) is 30.3 Å². The van der Waals surface area contributed by atoms with Crippen LogP contribution in [0.3, 0.4) is 0 Å². The summed E-state index contributed by atoms with van der Waals surface area (Å²) in [5.74, 6) is -0.237. The quantitative estimate of drug-likeness (QED) is 0.903. The van der Waals surface area contributed by atoms with Crippen molar-refractivity contribution in [2.75, 3.05) is 19.7 Å². The molecule has 0 radical (unpaired) electrons. The average Bonchev–Trinajstić information content (AvgIpc) is 3.05. The number of aryl methyl sites for hydroxylation is 1. The summed E-state index contributed by atoms with van der Waals surface area (Å²) in [7, 11) is 0. The monoisotopic (exact) mass is 357 g/mol. The minimum Gasteiger partial charge on any atom is -0.450 e. The zero-order valence-electron chi connectivity index (χ0n) is 15.0. The SMILES string of the molecule is CCOC(=O)N1CCC(NC(=O)c2nn(-c3ccccc3)nc2C)CC1. The van der Waals surface area contributed by atoms with E-state index in [-0.39, 0.29) is 18.0 Å². The molecule has 1 aromatic heterocycles. The third kappa shape index (κ3) is 4.01.